The molecule has 2 rings (SSSR count). The summed E-state index contributed by atoms with van der Waals surface area (Å²) < 4.78 is 25.7. The highest BCUT2D eigenvalue weighted by Gasteiger charge is 2.38. The highest BCUT2D eigenvalue weighted by Crippen LogP contribution is 2.29. The molecule has 11 heteroatoms. The van der Waals surface area contributed by atoms with E-state index in [4.69, 9.17) is 0 Å². The van der Waals surface area contributed by atoms with Crippen LogP contribution in [0.2, 0.25) is 0 Å². The molecule has 1 fully saturated rings. The Hall–Kier alpha value is -1.30. The topological polar surface area (TPSA) is 107 Å². The van der Waals surface area contributed by atoms with Crippen LogP contribution in [0, 0.1) is 0 Å². The number of carbonyl (C=O) groups is 1. The molecule has 1 aromatic heterocycles. The number of β-amino-alcohol motifs (C(OH)–C–C–N with tert-alkyl or cyclic N) is 1. The Morgan fingerprint density at radius 1 is 1.38 bits per heavy atom. The summed E-state index contributed by atoms with van der Waals surface area (Å²) in [6.45, 7) is 4.23. The molecule has 9 nitrogen and oxygen atoms in total. The van der Waals surface area contributed by atoms with Crippen LogP contribution in [-0.4, -0.2) is 71.9 Å². The van der Waals surface area contributed by atoms with Crippen LogP contribution in [0.4, 0.5) is 9.93 Å². The van der Waals surface area contributed by atoms with E-state index in [0.717, 1.165) is 16.2 Å². The van der Waals surface area contributed by atoms with E-state index in [1.54, 1.807) is 20.9 Å². The van der Waals surface area contributed by atoms with Gasteiger partial charge >= 0.3 is 6.03 Å². The van der Waals surface area contributed by atoms with Gasteiger partial charge < -0.3 is 10.0 Å². The Morgan fingerprint density at radius 2 is 2.00 bits per heavy atom. The highest BCUT2D eigenvalue weighted by atomic mass is 32.2. The maximum absolute atomic E-state index is 12.3. The van der Waals surface area contributed by atoms with Crippen molar-refractivity contribution < 1.29 is 18.3 Å². The number of carbonyl (C=O) groups excluding carboxylic acids is 1. The van der Waals surface area contributed by atoms with E-state index in [0.29, 0.717) is 13.1 Å². The third-order valence-electron chi connectivity index (χ3n) is 3.14. The van der Waals surface area contributed by atoms with Crippen LogP contribution in [0.3, 0.4) is 0 Å². The molecule has 0 aliphatic carbocycles. The monoisotopic (exact) mass is 335 g/mol. The Kier molecular flexibility index (Phi) is 4.46. The number of hydrogen-bond donors (Lipinski definition) is 1. The molecule has 118 valence electrons. The van der Waals surface area contributed by atoms with Gasteiger partial charge in [-0.25, -0.2) is 18.1 Å². The molecule has 1 aliphatic rings. The van der Waals surface area contributed by atoms with E-state index >= 15 is 0 Å². The number of amides is 2. The molecule has 1 aromatic rings. The van der Waals surface area contributed by atoms with Crippen molar-refractivity contribution in [2.45, 2.75) is 24.4 Å². The van der Waals surface area contributed by atoms with Gasteiger partial charge in [-0.1, -0.05) is 25.2 Å². The van der Waals surface area contributed by atoms with Crippen molar-refractivity contribution in [1.29, 1.82) is 0 Å². The molecule has 0 spiro atoms. The summed E-state index contributed by atoms with van der Waals surface area (Å²) >= 11 is 0.772. The summed E-state index contributed by atoms with van der Waals surface area (Å²) in [5, 5.41) is 17.3. The second-order valence-corrected chi connectivity index (χ2v) is 7.52. The SMILES string of the molecule is CCN(CC)S(=O)(=O)c1nnc(N2C(=O)N(C)CC2O)s1. The molecule has 1 saturated heterocycles. The number of urea groups is 1. The zero-order valence-electron chi connectivity index (χ0n) is 11.9. The quantitative estimate of drug-likeness (QED) is 0.744. The van der Waals surface area contributed by atoms with Crippen molar-refractivity contribution in [2.24, 2.45) is 0 Å². The molecule has 0 saturated carbocycles. The van der Waals surface area contributed by atoms with Gasteiger partial charge in [0.2, 0.25) is 9.47 Å². The normalized spacial score (nSPS) is 19.9. The minimum atomic E-state index is -3.71. The number of hydrogen-bond acceptors (Lipinski definition) is 7. The predicted molar refractivity (Wildman–Crippen MR) is 76.5 cm³/mol. The lowest BCUT2D eigenvalue weighted by Crippen LogP contribution is -2.34. The smallest absolute Gasteiger partial charge is 0.328 e. The summed E-state index contributed by atoms with van der Waals surface area (Å²) in [6, 6.07) is -0.439. The fraction of sp³-hybridized carbons (Fsp3) is 0.700. The summed E-state index contributed by atoms with van der Waals surface area (Å²) in [7, 11) is -2.17. The van der Waals surface area contributed by atoms with Crippen molar-refractivity contribution in [3.63, 3.8) is 0 Å². The molecule has 0 radical (unpaired) electrons. The molecular formula is C10H17N5O4S2. The molecule has 1 atom stereocenters. The summed E-state index contributed by atoms with van der Waals surface area (Å²) in [6.07, 6.45) is -1.06. The van der Waals surface area contributed by atoms with E-state index in [1.165, 1.54) is 9.21 Å². The Labute approximate surface area is 126 Å². The van der Waals surface area contributed by atoms with Crippen LogP contribution in [0.5, 0.6) is 0 Å². The van der Waals surface area contributed by atoms with Gasteiger partial charge in [0.15, 0.2) is 6.23 Å². The molecule has 1 N–H and O–H groups in total. The third-order valence-corrected chi connectivity index (χ3v) is 6.45. The van der Waals surface area contributed by atoms with Crippen molar-refractivity contribution >= 4 is 32.5 Å². The van der Waals surface area contributed by atoms with Gasteiger partial charge in [0, 0.05) is 20.1 Å². The van der Waals surface area contributed by atoms with Crippen molar-refractivity contribution in [3.05, 3.63) is 0 Å². The van der Waals surface area contributed by atoms with Gasteiger partial charge in [-0.2, -0.15) is 4.31 Å². The molecule has 0 aromatic carbocycles. The van der Waals surface area contributed by atoms with Crippen LogP contribution < -0.4 is 4.90 Å². The number of aromatic nitrogens is 2. The maximum atomic E-state index is 12.3. The van der Waals surface area contributed by atoms with Crippen LogP contribution in [0.15, 0.2) is 4.34 Å². The zero-order valence-corrected chi connectivity index (χ0v) is 13.6. The first kappa shape index (κ1) is 16.1. The standard InChI is InChI=1S/C10H17N5O4S2/c1-4-14(5-2)21(18,19)9-12-11-8(20-9)15-7(16)6-13(3)10(15)17/h7,16H,4-6H2,1-3H3. The van der Waals surface area contributed by atoms with Gasteiger partial charge in [0.25, 0.3) is 10.0 Å². The summed E-state index contributed by atoms with van der Waals surface area (Å²) in [4.78, 5) is 14.3. The maximum Gasteiger partial charge on any atom is 0.328 e. The molecule has 2 heterocycles. The van der Waals surface area contributed by atoms with Crippen LogP contribution in [0.25, 0.3) is 0 Å². The second kappa shape index (κ2) is 5.83. The van der Waals surface area contributed by atoms with E-state index in [2.05, 4.69) is 10.2 Å². The van der Waals surface area contributed by atoms with E-state index in [9.17, 15) is 18.3 Å². The fourth-order valence-electron chi connectivity index (χ4n) is 2.00. The molecule has 1 unspecified atom stereocenters. The summed E-state index contributed by atoms with van der Waals surface area (Å²) in [5.74, 6) is 0. The zero-order chi connectivity index (χ0) is 15.8. The van der Waals surface area contributed by atoms with Crippen molar-refractivity contribution in [2.75, 3.05) is 31.6 Å². The first-order valence-electron chi connectivity index (χ1n) is 6.39. The minimum absolute atomic E-state index is 0.0718. The van der Waals surface area contributed by atoms with E-state index in [1.807, 2.05) is 0 Å². The van der Waals surface area contributed by atoms with Gasteiger partial charge in [-0.15, -0.1) is 10.2 Å². The number of aliphatic hydroxyl groups is 1. The van der Waals surface area contributed by atoms with Gasteiger partial charge in [0.1, 0.15) is 0 Å². The molecular weight excluding hydrogens is 318 g/mol. The molecule has 0 bridgehead atoms. The number of nitrogens with zero attached hydrogens (tertiary/aromatic N) is 5. The number of aliphatic hydroxyl groups excluding tert-OH is 1. The number of likely N-dealkylation sites (N-methyl/N-ethyl adjacent to an activating group) is 1. The van der Waals surface area contributed by atoms with E-state index in [-0.39, 0.29) is 16.0 Å². The highest BCUT2D eigenvalue weighted by molar-refractivity contribution is 7.91. The van der Waals surface area contributed by atoms with Gasteiger partial charge in [-0.05, 0) is 0 Å². The Morgan fingerprint density at radius 3 is 2.48 bits per heavy atom. The Bertz CT molecular complexity index is 627. The van der Waals surface area contributed by atoms with Crippen LogP contribution in [0.1, 0.15) is 13.8 Å². The van der Waals surface area contributed by atoms with Crippen LogP contribution >= 0.6 is 11.3 Å². The predicted octanol–water partition coefficient (Wildman–Crippen LogP) is -0.241. The lowest BCUT2D eigenvalue weighted by atomic mass is 10.5. The fourth-order valence-corrected chi connectivity index (χ4v) is 4.63. The van der Waals surface area contributed by atoms with E-state index < -0.39 is 22.3 Å². The van der Waals surface area contributed by atoms with Crippen LogP contribution in [-0.2, 0) is 10.0 Å². The summed E-state index contributed by atoms with van der Waals surface area (Å²) in [5.41, 5.74) is 0. The Balaban J connectivity index is 2.33. The average Bonchev–Trinajstić information content (AvgIpc) is 2.97. The molecule has 21 heavy (non-hydrogen) atoms. The third kappa shape index (κ3) is 2.73. The second-order valence-electron chi connectivity index (χ2n) is 4.45. The first-order valence-corrected chi connectivity index (χ1v) is 8.64. The van der Waals surface area contributed by atoms with Crippen molar-refractivity contribution in [1.82, 2.24) is 19.4 Å². The molecule has 2 amide bonds. The lowest BCUT2D eigenvalue weighted by molar-refractivity contribution is 0.183. The van der Waals surface area contributed by atoms with Crippen molar-refractivity contribution in [3.8, 4) is 0 Å². The largest absolute Gasteiger partial charge is 0.371 e. The first-order chi connectivity index (χ1) is 9.82. The molecule has 1 aliphatic heterocycles. The number of anilines is 1. The lowest BCUT2D eigenvalue weighted by Gasteiger charge is -2.16. The number of sulfonamides is 1. The van der Waals surface area contributed by atoms with Gasteiger partial charge in [0.05, 0.1) is 6.54 Å². The number of rotatable bonds is 5. The minimum Gasteiger partial charge on any atom is -0.371 e. The van der Waals surface area contributed by atoms with Gasteiger partial charge in [-0.3, -0.25) is 0 Å². The average molecular weight is 335 g/mol.